The first-order valence-corrected chi connectivity index (χ1v) is 6.38. The average molecular weight is 257 g/mol. The maximum absolute atomic E-state index is 12.1. The minimum atomic E-state index is -0.501. The molecule has 1 atom stereocenters. The van der Waals surface area contributed by atoms with Crippen LogP contribution < -0.4 is 0 Å². The van der Waals surface area contributed by atoms with Crippen LogP contribution in [0.1, 0.15) is 34.1 Å². The number of hydrogen-bond donors (Lipinski definition) is 0. The molecule has 0 aromatic carbocycles. The monoisotopic (exact) mass is 257 g/mol. The Morgan fingerprint density at radius 3 is 2.33 bits per heavy atom. The summed E-state index contributed by atoms with van der Waals surface area (Å²) in [5.41, 5.74) is -0.501. The number of ether oxygens (including phenoxy) is 2. The van der Waals surface area contributed by atoms with Gasteiger partial charge in [0.1, 0.15) is 5.60 Å². The SMILES string of the molecule is CC(CC(=O)OC(C)(C)C)C(=O)N1CCOCC1. The lowest BCUT2D eigenvalue weighted by molar-refractivity contribution is -0.158. The number of rotatable bonds is 3. The lowest BCUT2D eigenvalue weighted by atomic mass is 10.1. The van der Waals surface area contributed by atoms with Crippen molar-refractivity contribution in [2.45, 2.75) is 39.7 Å². The summed E-state index contributed by atoms with van der Waals surface area (Å²) < 4.78 is 10.4. The van der Waals surface area contributed by atoms with Crippen molar-refractivity contribution in [1.29, 1.82) is 0 Å². The molecule has 0 bridgehead atoms. The zero-order valence-corrected chi connectivity index (χ0v) is 11.7. The van der Waals surface area contributed by atoms with Crippen LogP contribution in [0.5, 0.6) is 0 Å². The van der Waals surface area contributed by atoms with Crippen molar-refractivity contribution in [3.63, 3.8) is 0 Å². The van der Waals surface area contributed by atoms with Crippen LogP contribution in [0.15, 0.2) is 0 Å². The predicted octanol–water partition coefficient (Wildman–Crippen LogP) is 1.21. The van der Waals surface area contributed by atoms with E-state index in [1.165, 1.54) is 0 Å². The van der Waals surface area contributed by atoms with E-state index in [0.717, 1.165) is 0 Å². The van der Waals surface area contributed by atoms with Gasteiger partial charge in [-0.2, -0.15) is 0 Å². The maximum Gasteiger partial charge on any atom is 0.307 e. The lowest BCUT2D eigenvalue weighted by Crippen LogP contribution is -2.43. The Bertz CT molecular complexity index is 303. The molecule has 1 aliphatic heterocycles. The van der Waals surface area contributed by atoms with Gasteiger partial charge in [-0.05, 0) is 20.8 Å². The highest BCUT2D eigenvalue weighted by molar-refractivity contribution is 5.83. The van der Waals surface area contributed by atoms with Crippen LogP contribution >= 0.6 is 0 Å². The molecule has 1 saturated heterocycles. The van der Waals surface area contributed by atoms with Gasteiger partial charge in [-0.3, -0.25) is 9.59 Å². The van der Waals surface area contributed by atoms with Crippen molar-refractivity contribution in [1.82, 2.24) is 4.90 Å². The van der Waals surface area contributed by atoms with Crippen molar-refractivity contribution in [2.75, 3.05) is 26.3 Å². The molecule has 104 valence electrons. The summed E-state index contributed by atoms with van der Waals surface area (Å²) >= 11 is 0. The molecule has 0 N–H and O–H groups in total. The van der Waals surface area contributed by atoms with E-state index in [4.69, 9.17) is 9.47 Å². The molecule has 5 nitrogen and oxygen atoms in total. The van der Waals surface area contributed by atoms with Gasteiger partial charge in [0.25, 0.3) is 0 Å². The van der Waals surface area contributed by atoms with E-state index < -0.39 is 5.60 Å². The molecule has 1 unspecified atom stereocenters. The van der Waals surface area contributed by atoms with E-state index in [9.17, 15) is 9.59 Å². The molecule has 0 aromatic rings. The second-order valence-corrected chi connectivity index (χ2v) is 5.63. The van der Waals surface area contributed by atoms with Crippen LogP contribution in [-0.4, -0.2) is 48.7 Å². The molecule has 0 aliphatic carbocycles. The summed E-state index contributed by atoms with van der Waals surface area (Å²) in [4.78, 5) is 25.4. The summed E-state index contributed by atoms with van der Waals surface area (Å²) in [5, 5.41) is 0. The summed E-state index contributed by atoms with van der Waals surface area (Å²) in [5.74, 6) is -0.654. The zero-order valence-electron chi connectivity index (χ0n) is 11.7. The van der Waals surface area contributed by atoms with Gasteiger partial charge < -0.3 is 14.4 Å². The average Bonchev–Trinajstić information content (AvgIpc) is 2.26. The van der Waals surface area contributed by atoms with Crippen LogP contribution in [0.4, 0.5) is 0 Å². The second-order valence-electron chi connectivity index (χ2n) is 5.63. The third kappa shape index (κ3) is 5.04. The molecule has 5 heteroatoms. The Kier molecular flexibility index (Phi) is 5.14. The Morgan fingerprint density at radius 2 is 1.83 bits per heavy atom. The fourth-order valence-corrected chi connectivity index (χ4v) is 1.82. The zero-order chi connectivity index (χ0) is 13.8. The Labute approximate surface area is 108 Å². The Morgan fingerprint density at radius 1 is 1.28 bits per heavy atom. The van der Waals surface area contributed by atoms with Crippen molar-refractivity contribution in [2.24, 2.45) is 5.92 Å². The van der Waals surface area contributed by atoms with Crippen molar-refractivity contribution in [3.8, 4) is 0 Å². The second kappa shape index (κ2) is 6.18. The number of morpholine rings is 1. The Hall–Kier alpha value is -1.10. The molecule has 0 saturated carbocycles. The normalized spacial score (nSPS) is 18.3. The molecule has 0 aromatic heterocycles. The molecule has 0 spiro atoms. The van der Waals surface area contributed by atoms with Crippen LogP contribution in [0.2, 0.25) is 0 Å². The van der Waals surface area contributed by atoms with Crippen LogP contribution in [0.25, 0.3) is 0 Å². The van der Waals surface area contributed by atoms with Crippen molar-refractivity contribution < 1.29 is 19.1 Å². The van der Waals surface area contributed by atoms with Gasteiger partial charge in [0.15, 0.2) is 0 Å². The summed E-state index contributed by atoms with van der Waals surface area (Å²) in [7, 11) is 0. The molecule has 18 heavy (non-hydrogen) atoms. The predicted molar refractivity (Wildman–Crippen MR) is 67.0 cm³/mol. The van der Waals surface area contributed by atoms with Crippen LogP contribution in [0.3, 0.4) is 0 Å². The van der Waals surface area contributed by atoms with Crippen molar-refractivity contribution in [3.05, 3.63) is 0 Å². The van der Waals surface area contributed by atoms with Gasteiger partial charge in [0, 0.05) is 19.0 Å². The van der Waals surface area contributed by atoms with Gasteiger partial charge >= 0.3 is 5.97 Å². The van der Waals surface area contributed by atoms with Crippen LogP contribution in [0, 0.1) is 5.92 Å². The lowest BCUT2D eigenvalue weighted by Gasteiger charge is -2.29. The maximum atomic E-state index is 12.1. The van der Waals surface area contributed by atoms with E-state index in [0.29, 0.717) is 26.3 Å². The topological polar surface area (TPSA) is 55.8 Å². The molecule has 1 rings (SSSR count). The number of amides is 1. The van der Waals surface area contributed by atoms with E-state index >= 15 is 0 Å². The van der Waals surface area contributed by atoms with E-state index in [1.807, 2.05) is 20.8 Å². The minimum absolute atomic E-state index is 0.00385. The molecule has 1 aliphatic rings. The highest BCUT2D eigenvalue weighted by Crippen LogP contribution is 2.14. The molecule has 1 fully saturated rings. The van der Waals surface area contributed by atoms with E-state index in [2.05, 4.69) is 0 Å². The number of carbonyl (C=O) groups is 2. The molecule has 1 amide bonds. The Balaban J connectivity index is 2.41. The van der Waals surface area contributed by atoms with Crippen LogP contribution in [-0.2, 0) is 19.1 Å². The van der Waals surface area contributed by atoms with E-state index in [1.54, 1.807) is 11.8 Å². The van der Waals surface area contributed by atoms with Gasteiger partial charge in [-0.25, -0.2) is 0 Å². The van der Waals surface area contributed by atoms with Gasteiger partial charge in [-0.1, -0.05) is 6.92 Å². The number of esters is 1. The molecular formula is C13H23NO4. The fraction of sp³-hybridized carbons (Fsp3) is 0.846. The first kappa shape index (κ1) is 15.0. The third-order valence-electron chi connectivity index (χ3n) is 2.64. The summed E-state index contributed by atoms with van der Waals surface area (Å²) in [6.07, 6.45) is 0.132. The summed E-state index contributed by atoms with van der Waals surface area (Å²) in [6, 6.07) is 0. The third-order valence-corrected chi connectivity index (χ3v) is 2.64. The standard InChI is InChI=1S/C13H23NO4/c1-10(9-11(15)18-13(2,3)4)12(16)14-5-7-17-8-6-14/h10H,5-9H2,1-4H3. The molecular weight excluding hydrogens is 234 g/mol. The quantitative estimate of drug-likeness (QED) is 0.713. The highest BCUT2D eigenvalue weighted by Gasteiger charge is 2.26. The number of nitrogens with zero attached hydrogens (tertiary/aromatic N) is 1. The first-order valence-electron chi connectivity index (χ1n) is 6.38. The number of hydrogen-bond acceptors (Lipinski definition) is 4. The number of carbonyl (C=O) groups excluding carboxylic acids is 2. The van der Waals surface area contributed by atoms with Gasteiger partial charge in [0.2, 0.25) is 5.91 Å². The van der Waals surface area contributed by atoms with Gasteiger partial charge in [-0.15, -0.1) is 0 Å². The fourth-order valence-electron chi connectivity index (χ4n) is 1.82. The van der Waals surface area contributed by atoms with E-state index in [-0.39, 0.29) is 24.2 Å². The largest absolute Gasteiger partial charge is 0.460 e. The first-order chi connectivity index (χ1) is 8.29. The molecule has 0 radical (unpaired) electrons. The smallest absolute Gasteiger partial charge is 0.307 e. The minimum Gasteiger partial charge on any atom is -0.460 e. The highest BCUT2D eigenvalue weighted by atomic mass is 16.6. The van der Waals surface area contributed by atoms with Crippen molar-refractivity contribution >= 4 is 11.9 Å². The molecule has 1 heterocycles. The summed E-state index contributed by atoms with van der Waals surface area (Å²) in [6.45, 7) is 9.59. The van der Waals surface area contributed by atoms with Gasteiger partial charge in [0.05, 0.1) is 19.6 Å².